The number of aryl methyl sites for hydroxylation is 1. The molecule has 1 aromatic carbocycles. The molecule has 0 atom stereocenters. The summed E-state index contributed by atoms with van der Waals surface area (Å²) in [6.07, 6.45) is 0.310. The fraction of sp³-hybridized carbons (Fsp3) is 0.389. The monoisotopic (exact) mass is 327 g/mol. The van der Waals surface area contributed by atoms with Gasteiger partial charge in [-0.05, 0) is 13.0 Å². The highest BCUT2D eigenvalue weighted by molar-refractivity contribution is 6.07. The molecule has 6 nitrogen and oxygen atoms in total. The van der Waals surface area contributed by atoms with Crippen molar-refractivity contribution >= 4 is 22.7 Å². The Bertz CT molecular complexity index is 885. The van der Waals surface area contributed by atoms with Gasteiger partial charge in [-0.3, -0.25) is 14.4 Å². The van der Waals surface area contributed by atoms with Crippen molar-refractivity contribution in [1.29, 1.82) is 0 Å². The number of fused-ring (bicyclic) bond motifs is 1. The highest BCUT2D eigenvalue weighted by Gasteiger charge is 2.26. The number of benzene rings is 1. The highest BCUT2D eigenvalue weighted by Crippen LogP contribution is 2.21. The number of carbonyl (C=O) groups is 2. The van der Waals surface area contributed by atoms with Gasteiger partial charge in [-0.1, -0.05) is 18.2 Å². The van der Waals surface area contributed by atoms with Crippen LogP contribution in [0.15, 0.2) is 29.1 Å². The van der Waals surface area contributed by atoms with Gasteiger partial charge >= 0.3 is 0 Å². The van der Waals surface area contributed by atoms with Crippen molar-refractivity contribution in [2.45, 2.75) is 13.3 Å². The van der Waals surface area contributed by atoms with Crippen LogP contribution in [0.1, 0.15) is 22.3 Å². The molecule has 2 amide bonds. The average molecular weight is 327 g/mol. The number of nitrogens with zero attached hydrogens (tertiary/aromatic N) is 3. The minimum absolute atomic E-state index is 0.0378. The van der Waals surface area contributed by atoms with Crippen LogP contribution in [0.25, 0.3) is 10.9 Å². The number of hydrogen-bond donors (Lipinski definition) is 0. The summed E-state index contributed by atoms with van der Waals surface area (Å²) < 4.78 is 1.57. The first-order valence-electron chi connectivity index (χ1n) is 8.03. The van der Waals surface area contributed by atoms with E-state index in [1.54, 1.807) is 35.4 Å². The van der Waals surface area contributed by atoms with E-state index in [1.807, 2.05) is 24.3 Å². The van der Waals surface area contributed by atoms with Gasteiger partial charge in [0.2, 0.25) is 5.91 Å². The summed E-state index contributed by atoms with van der Waals surface area (Å²) in [4.78, 5) is 40.8. The van der Waals surface area contributed by atoms with Crippen molar-refractivity contribution in [1.82, 2.24) is 14.4 Å². The van der Waals surface area contributed by atoms with E-state index in [1.165, 1.54) is 0 Å². The molecule has 0 bridgehead atoms. The summed E-state index contributed by atoms with van der Waals surface area (Å²) >= 11 is 0. The van der Waals surface area contributed by atoms with E-state index in [2.05, 4.69) is 0 Å². The zero-order valence-electron chi connectivity index (χ0n) is 14.2. The van der Waals surface area contributed by atoms with Crippen LogP contribution in [0, 0.1) is 6.92 Å². The van der Waals surface area contributed by atoms with Gasteiger partial charge in [0.15, 0.2) is 0 Å². The van der Waals surface area contributed by atoms with E-state index < -0.39 is 0 Å². The van der Waals surface area contributed by atoms with Crippen LogP contribution in [0.2, 0.25) is 0 Å². The second-order valence-electron chi connectivity index (χ2n) is 6.24. The number of likely N-dealkylation sites (N-methyl/N-ethyl adjacent to an activating group) is 1. The number of carbonyl (C=O) groups excluding carboxylic acids is 2. The first-order chi connectivity index (χ1) is 11.4. The Balaban J connectivity index is 2.11. The minimum atomic E-state index is -0.176. The Morgan fingerprint density at radius 3 is 2.50 bits per heavy atom. The SMILES string of the molecule is Cc1c(C(=O)N2CCC(=O)N(C)CC2)c2ccccc2n(C)c1=O. The Kier molecular flexibility index (Phi) is 4.13. The second-order valence-corrected chi connectivity index (χ2v) is 6.24. The molecule has 1 aromatic heterocycles. The molecular formula is C18H21N3O3. The summed E-state index contributed by atoms with van der Waals surface area (Å²) in [5.74, 6) is -0.139. The summed E-state index contributed by atoms with van der Waals surface area (Å²) in [7, 11) is 3.46. The van der Waals surface area contributed by atoms with Crippen LogP contribution in [-0.2, 0) is 11.8 Å². The molecule has 126 valence electrons. The predicted octanol–water partition coefficient (Wildman–Crippen LogP) is 1.15. The van der Waals surface area contributed by atoms with E-state index in [9.17, 15) is 14.4 Å². The molecule has 2 heterocycles. The summed E-state index contributed by atoms with van der Waals surface area (Å²) in [5, 5.41) is 0.769. The van der Waals surface area contributed by atoms with E-state index in [0.29, 0.717) is 37.2 Å². The molecule has 0 spiro atoms. The molecule has 24 heavy (non-hydrogen) atoms. The molecule has 0 aliphatic carbocycles. The van der Waals surface area contributed by atoms with Crippen LogP contribution in [0.5, 0.6) is 0 Å². The minimum Gasteiger partial charge on any atom is -0.344 e. The molecule has 6 heteroatoms. The molecule has 3 rings (SSSR count). The van der Waals surface area contributed by atoms with Crippen LogP contribution in [0.3, 0.4) is 0 Å². The molecule has 1 fully saturated rings. The van der Waals surface area contributed by atoms with Gasteiger partial charge in [-0.15, -0.1) is 0 Å². The van der Waals surface area contributed by atoms with Crippen molar-refractivity contribution in [3.05, 3.63) is 45.7 Å². The third kappa shape index (κ3) is 2.58. The number of amides is 2. The van der Waals surface area contributed by atoms with Crippen LogP contribution >= 0.6 is 0 Å². The molecule has 2 aromatic rings. The van der Waals surface area contributed by atoms with Crippen LogP contribution in [-0.4, -0.2) is 52.9 Å². The van der Waals surface area contributed by atoms with Gasteiger partial charge in [0, 0.05) is 51.1 Å². The number of hydrogen-bond acceptors (Lipinski definition) is 3. The fourth-order valence-electron chi connectivity index (χ4n) is 3.21. The van der Waals surface area contributed by atoms with Crippen molar-refractivity contribution in [3.8, 4) is 0 Å². The topological polar surface area (TPSA) is 62.6 Å². The first-order valence-corrected chi connectivity index (χ1v) is 8.03. The molecule has 0 N–H and O–H groups in total. The van der Waals surface area contributed by atoms with Gasteiger partial charge in [0.25, 0.3) is 11.5 Å². The summed E-state index contributed by atoms with van der Waals surface area (Å²) in [6.45, 7) is 3.05. The highest BCUT2D eigenvalue weighted by atomic mass is 16.2. The standard InChI is InChI=1S/C18H21N3O3/c1-12-16(13-6-4-5-7-14(13)20(3)17(12)23)18(24)21-9-8-15(22)19(2)10-11-21/h4-7H,8-11H2,1-3H3. The zero-order chi connectivity index (χ0) is 17.4. The lowest BCUT2D eigenvalue weighted by Crippen LogP contribution is -2.36. The van der Waals surface area contributed by atoms with Gasteiger partial charge in [-0.2, -0.15) is 0 Å². The lowest BCUT2D eigenvalue weighted by Gasteiger charge is -2.22. The Hall–Kier alpha value is -2.63. The maximum atomic E-state index is 13.1. The van der Waals surface area contributed by atoms with Gasteiger partial charge in [0.05, 0.1) is 11.1 Å². The molecule has 1 aliphatic heterocycles. The molecule has 0 saturated carbocycles. The zero-order valence-corrected chi connectivity index (χ0v) is 14.2. The molecule has 0 unspecified atom stereocenters. The quantitative estimate of drug-likeness (QED) is 0.789. The number of para-hydroxylation sites is 1. The molecule has 1 aliphatic rings. The van der Waals surface area contributed by atoms with Crippen molar-refractivity contribution in [2.24, 2.45) is 7.05 Å². The number of aromatic nitrogens is 1. The number of rotatable bonds is 1. The third-order valence-electron chi connectivity index (χ3n) is 4.76. The average Bonchev–Trinajstić information content (AvgIpc) is 2.75. The van der Waals surface area contributed by atoms with Gasteiger partial charge < -0.3 is 14.4 Å². The van der Waals surface area contributed by atoms with Crippen molar-refractivity contribution in [3.63, 3.8) is 0 Å². The van der Waals surface area contributed by atoms with Crippen LogP contribution < -0.4 is 5.56 Å². The van der Waals surface area contributed by atoms with E-state index in [0.717, 1.165) is 10.9 Å². The van der Waals surface area contributed by atoms with E-state index in [4.69, 9.17) is 0 Å². The van der Waals surface area contributed by atoms with E-state index >= 15 is 0 Å². The normalized spacial score (nSPS) is 15.7. The third-order valence-corrected chi connectivity index (χ3v) is 4.76. The maximum absolute atomic E-state index is 13.1. The van der Waals surface area contributed by atoms with E-state index in [-0.39, 0.29) is 17.4 Å². The fourth-order valence-corrected chi connectivity index (χ4v) is 3.21. The summed E-state index contributed by atoms with van der Waals surface area (Å²) in [6, 6.07) is 7.42. The lowest BCUT2D eigenvalue weighted by atomic mass is 10.0. The van der Waals surface area contributed by atoms with Crippen molar-refractivity contribution < 1.29 is 9.59 Å². The number of pyridine rings is 1. The molecule has 1 saturated heterocycles. The Morgan fingerprint density at radius 1 is 1.04 bits per heavy atom. The maximum Gasteiger partial charge on any atom is 0.255 e. The van der Waals surface area contributed by atoms with Gasteiger partial charge in [0.1, 0.15) is 0 Å². The molecule has 0 radical (unpaired) electrons. The Morgan fingerprint density at radius 2 is 1.75 bits per heavy atom. The predicted molar refractivity (Wildman–Crippen MR) is 92.1 cm³/mol. The summed E-state index contributed by atoms with van der Waals surface area (Å²) in [5.41, 5.74) is 1.47. The first kappa shape index (κ1) is 16.2. The van der Waals surface area contributed by atoms with Crippen LogP contribution in [0.4, 0.5) is 0 Å². The smallest absolute Gasteiger partial charge is 0.255 e. The largest absolute Gasteiger partial charge is 0.344 e. The van der Waals surface area contributed by atoms with Gasteiger partial charge in [-0.25, -0.2) is 0 Å². The molecular weight excluding hydrogens is 306 g/mol. The Labute approximate surface area is 140 Å². The lowest BCUT2D eigenvalue weighted by molar-refractivity contribution is -0.129. The second kappa shape index (κ2) is 6.11. The van der Waals surface area contributed by atoms with Crippen molar-refractivity contribution in [2.75, 3.05) is 26.7 Å².